The average molecular weight is 269 g/mol. The van der Waals surface area contributed by atoms with Gasteiger partial charge in [0.15, 0.2) is 0 Å². The molecular formula is C13H20FN3O2. The third kappa shape index (κ3) is 3.89. The van der Waals surface area contributed by atoms with Crippen LogP contribution in [-0.2, 0) is 4.74 Å². The van der Waals surface area contributed by atoms with E-state index >= 15 is 0 Å². The summed E-state index contributed by atoms with van der Waals surface area (Å²) in [5.74, 6) is -0.860. The van der Waals surface area contributed by atoms with Gasteiger partial charge in [-0.25, -0.2) is 9.37 Å². The van der Waals surface area contributed by atoms with Crippen molar-refractivity contribution in [2.24, 2.45) is 0 Å². The highest BCUT2D eigenvalue weighted by Crippen LogP contribution is 2.16. The van der Waals surface area contributed by atoms with Gasteiger partial charge in [-0.1, -0.05) is 6.92 Å². The molecule has 1 amide bonds. The van der Waals surface area contributed by atoms with Crippen LogP contribution >= 0.6 is 0 Å². The Kier molecular flexibility index (Phi) is 5.69. The third-order valence-corrected chi connectivity index (χ3v) is 3.04. The van der Waals surface area contributed by atoms with Crippen LogP contribution in [0.2, 0.25) is 0 Å². The van der Waals surface area contributed by atoms with Crippen LogP contribution in [0.25, 0.3) is 0 Å². The minimum atomic E-state index is -0.576. The van der Waals surface area contributed by atoms with Crippen molar-refractivity contribution in [2.45, 2.75) is 26.3 Å². The van der Waals surface area contributed by atoms with E-state index in [1.165, 1.54) is 0 Å². The van der Waals surface area contributed by atoms with E-state index in [1.807, 2.05) is 13.8 Å². The summed E-state index contributed by atoms with van der Waals surface area (Å²) in [4.78, 5) is 17.7. The maximum Gasteiger partial charge on any atom is 0.258 e. The van der Waals surface area contributed by atoms with Gasteiger partial charge in [0.2, 0.25) is 0 Å². The standard InChI is InChI=1S/C13H20FN3O2/c1-4-9(2)17(5-6-19-3)13(18)11-7-10(14)8-16-12(11)15/h7-9H,4-6H2,1-3H3,(H2,15,16). The summed E-state index contributed by atoms with van der Waals surface area (Å²) >= 11 is 0. The summed E-state index contributed by atoms with van der Waals surface area (Å²) in [6.07, 6.45) is 1.78. The van der Waals surface area contributed by atoms with Gasteiger partial charge in [-0.15, -0.1) is 0 Å². The van der Waals surface area contributed by atoms with Crippen molar-refractivity contribution in [1.29, 1.82) is 0 Å². The van der Waals surface area contributed by atoms with Gasteiger partial charge < -0.3 is 15.4 Å². The van der Waals surface area contributed by atoms with Gasteiger partial charge in [0, 0.05) is 19.7 Å². The van der Waals surface area contributed by atoms with Crippen LogP contribution in [0.3, 0.4) is 0 Å². The second-order valence-corrected chi connectivity index (χ2v) is 4.33. The number of nitrogens with zero attached hydrogens (tertiary/aromatic N) is 2. The molecule has 6 heteroatoms. The minimum Gasteiger partial charge on any atom is -0.383 e. The number of carbonyl (C=O) groups is 1. The zero-order valence-electron chi connectivity index (χ0n) is 11.5. The lowest BCUT2D eigenvalue weighted by Crippen LogP contribution is -2.41. The van der Waals surface area contributed by atoms with Crippen LogP contribution in [0.15, 0.2) is 12.3 Å². The maximum atomic E-state index is 13.2. The number of ether oxygens (including phenoxy) is 1. The van der Waals surface area contributed by atoms with Crippen molar-refractivity contribution in [1.82, 2.24) is 9.88 Å². The van der Waals surface area contributed by atoms with Crippen molar-refractivity contribution in [2.75, 3.05) is 26.0 Å². The van der Waals surface area contributed by atoms with E-state index in [-0.39, 0.29) is 23.3 Å². The van der Waals surface area contributed by atoms with Crippen molar-refractivity contribution < 1.29 is 13.9 Å². The number of methoxy groups -OCH3 is 1. The molecule has 1 heterocycles. The van der Waals surface area contributed by atoms with Crippen LogP contribution in [0, 0.1) is 5.82 Å². The Balaban J connectivity index is 3.00. The molecule has 1 aromatic heterocycles. The van der Waals surface area contributed by atoms with E-state index in [9.17, 15) is 9.18 Å². The molecule has 0 saturated heterocycles. The van der Waals surface area contributed by atoms with Crippen molar-refractivity contribution in [3.05, 3.63) is 23.6 Å². The summed E-state index contributed by atoms with van der Waals surface area (Å²) < 4.78 is 18.2. The molecule has 1 rings (SSSR count). The van der Waals surface area contributed by atoms with Gasteiger partial charge >= 0.3 is 0 Å². The number of pyridine rings is 1. The highest BCUT2D eigenvalue weighted by atomic mass is 19.1. The molecule has 106 valence electrons. The predicted octanol–water partition coefficient (Wildman–Crippen LogP) is 1.69. The highest BCUT2D eigenvalue weighted by Gasteiger charge is 2.23. The largest absolute Gasteiger partial charge is 0.383 e. The second kappa shape index (κ2) is 7.04. The quantitative estimate of drug-likeness (QED) is 0.853. The van der Waals surface area contributed by atoms with Gasteiger partial charge in [0.1, 0.15) is 11.6 Å². The number of aromatic nitrogens is 1. The lowest BCUT2D eigenvalue weighted by Gasteiger charge is -2.28. The third-order valence-electron chi connectivity index (χ3n) is 3.04. The average Bonchev–Trinajstić information content (AvgIpc) is 2.41. The van der Waals surface area contributed by atoms with E-state index in [0.29, 0.717) is 13.2 Å². The van der Waals surface area contributed by atoms with Crippen LogP contribution in [0.5, 0.6) is 0 Å². The normalized spacial score (nSPS) is 12.2. The summed E-state index contributed by atoms with van der Waals surface area (Å²) in [6.45, 7) is 4.75. The summed E-state index contributed by atoms with van der Waals surface area (Å²) in [5.41, 5.74) is 5.74. The van der Waals surface area contributed by atoms with E-state index in [2.05, 4.69) is 4.98 Å². The first kappa shape index (κ1) is 15.4. The number of rotatable bonds is 6. The number of carbonyl (C=O) groups excluding carboxylic acids is 1. The maximum absolute atomic E-state index is 13.2. The Morgan fingerprint density at radius 1 is 1.63 bits per heavy atom. The molecule has 0 bridgehead atoms. The van der Waals surface area contributed by atoms with E-state index in [0.717, 1.165) is 18.7 Å². The second-order valence-electron chi connectivity index (χ2n) is 4.33. The molecule has 0 saturated carbocycles. The van der Waals surface area contributed by atoms with E-state index in [1.54, 1.807) is 12.0 Å². The van der Waals surface area contributed by atoms with Crippen LogP contribution in [-0.4, -0.2) is 42.1 Å². The smallest absolute Gasteiger partial charge is 0.258 e. The molecule has 0 radical (unpaired) electrons. The summed E-state index contributed by atoms with van der Waals surface area (Å²) in [6, 6.07) is 1.14. The van der Waals surface area contributed by atoms with Crippen LogP contribution < -0.4 is 5.73 Å². The summed E-state index contributed by atoms with van der Waals surface area (Å²) in [7, 11) is 1.57. The molecule has 2 N–H and O–H groups in total. The molecule has 0 fully saturated rings. The van der Waals surface area contributed by atoms with Crippen molar-refractivity contribution >= 4 is 11.7 Å². The molecule has 5 nitrogen and oxygen atoms in total. The molecule has 0 aliphatic rings. The Morgan fingerprint density at radius 2 is 2.32 bits per heavy atom. The first-order valence-electron chi connectivity index (χ1n) is 6.22. The number of nitrogen functional groups attached to an aromatic ring is 1. The van der Waals surface area contributed by atoms with E-state index < -0.39 is 5.82 Å². The molecule has 0 spiro atoms. The zero-order chi connectivity index (χ0) is 14.4. The van der Waals surface area contributed by atoms with Crippen LogP contribution in [0.1, 0.15) is 30.6 Å². The molecular weight excluding hydrogens is 249 g/mol. The monoisotopic (exact) mass is 269 g/mol. The van der Waals surface area contributed by atoms with E-state index in [4.69, 9.17) is 10.5 Å². The molecule has 0 aliphatic heterocycles. The number of halogens is 1. The molecule has 1 atom stereocenters. The highest BCUT2D eigenvalue weighted by molar-refractivity contribution is 5.98. The predicted molar refractivity (Wildman–Crippen MR) is 71.3 cm³/mol. The molecule has 19 heavy (non-hydrogen) atoms. The lowest BCUT2D eigenvalue weighted by atomic mass is 10.1. The van der Waals surface area contributed by atoms with Crippen molar-refractivity contribution in [3.8, 4) is 0 Å². The van der Waals surface area contributed by atoms with Gasteiger partial charge in [-0.2, -0.15) is 0 Å². The SMILES string of the molecule is CCC(C)N(CCOC)C(=O)c1cc(F)cnc1N. The fraction of sp³-hybridized carbons (Fsp3) is 0.538. The van der Waals surface area contributed by atoms with Gasteiger partial charge in [-0.3, -0.25) is 4.79 Å². The molecule has 0 aromatic carbocycles. The molecule has 0 aliphatic carbocycles. The molecule has 1 aromatic rings. The summed E-state index contributed by atoms with van der Waals surface area (Å²) in [5, 5.41) is 0. The van der Waals surface area contributed by atoms with Gasteiger partial charge in [0.25, 0.3) is 5.91 Å². The number of amides is 1. The lowest BCUT2D eigenvalue weighted by molar-refractivity contribution is 0.0614. The number of anilines is 1. The Bertz CT molecular complexity index is 440. The van der Waals surface area contributed by atoms with Gasteiger partial charge in [0.05, 0.1) is 18.4 Å². The number of hydrogen-bond acceptors (Lipinski definition) is 4. The fourth-order valence-electron chi connectivity index (χ4n) is 1.71. The minimum absolute atomic E-state index is 0.0188. The first-order chi connectivity index (χ1) is 9.01. The number of nitrogens with two attached hydrogens (primary N) is 1. The zero-order valence-corrected chi connectivity index (χ0v) is 11.5. The Morgan fingerprint density at radius 3 is 2.89 bits per heavy atom. The Labute approximate surface area is 112 Å². The Hall–Kier alpha value is -1.69. The van der Waals surface area contributed by atoms with Crippen molar-refractivity contribution in [3.63, 3.8) is 0 Å². The van der Waals surface area contributed by atoms with Gasteiger partial charge in [-0.05, 0) is 19.4 Å². The topological polar surface area (TPSA) is 68.5 Å². The fourth-order valence-corrected chi connectivity index (χ4v) is 1.71. The first-order valence-corrected chi connectivity index (χ1v) is 6.22. The molecule has 1 unspecified atom stereocenters. The van der Waals surface area contributed by atoms with Crippen LogP contribution in [0.4, 0.5) is 10.2 Å². The number of hydrogen-bond donors (Lipinski definition) is 1.